The van der Waals surface area contributed by atoms with Gasteiger partial charge in [0.25, 0.3) is 0 Å². The van der Waals surface area contributed by atoms with E-state index in [9.17, 15) is 0 Å². The molecule has 0 aromatic heterocycles. The standard InChI is InChI=1S/C18H30N2/c1-14(2)18(16-8-6-5-7-9-16)19-17-10-12-20(13-11-17)15(3)4/h5-9,14-15,17-19H,10-13H2,1-4H3/t18-/m0/s1. The van der Waals surface area contributed by atoms with Crippen molar-refractivity contribution in [1.29, 1.82) is 0 Å². The molecule has 20 heavy (non-hydrogen) atoms. The molecule has 1 aliphatic heterocycles. The highest BCUT2D eigenvalue weighted by Crippen LogP contribution is 2.24. The van der Waals surface area contributed by atoms with Gasteiger partial charge in [0.2, 0.25) is 0 Å². The molecule has 0 unspecified atom stereocenters. The molecule has 2 nitrogen and oxygen atoms in total. The van der Waals surface area contributed by atoms with Crippen LogP contribution in [0.4, 0.5) is 0 Å². The van der Waals surface area contributed by atoms with Crippen LogP contribution >= 0.6 is 0 Å². The summed E-state index contributed by atoms with van der Waals surface area (Å²) in [6.45, 7) is 11.7. The van der Waals surface area contributed by atoms with Gasteiger partial charge < -0.3 is 10.2 Å². The Labute approximate surface area is 124 Å². The van der Waals surface area contributed by atoms with Crippen molar-refractivity contribution in [3.05, 3.63) is 35.9 Å². The third kappa shape index (κ3) is 4.07. The third-order valence-electron chi connectivity index (χ3n) is 4.50. The Kier molecular flexibility index (Phi) is 5.62. The highest BCUT2D eigenvalue weighted by molar-refractivity contribution is 5.19. The van der Waals surface area contributed by atoms with E-state index >= 15 is 0 Å². The summed E-state index contributed by atoms with van der Waals surface area (Å²) in [5.74, 6) is 0.625. The molecule has 0 radical (unpaired) electrons. The number of nitrogens with zero attached hydrogens (tertiary/aromatic N) is 1. The largest absolute Gasteiger partial charge is 0.307 e. The van der Waals surface area contributed by atoms with Gasteiger partial charge in [0.1, 0.15) is 0 Å². The van der Waals surface area contributed by atoms with Crippen LogP contribution in [0.5, 0.6) is 0 Å². The summed E-state index contributed by atoms with van der Waals surface area (Å²) in [7, 11) is 0. The number of hydrogen-bond acceptors (Lipinski definition) is 2. The van der Waals surface area contributed by atoms with Gasteiger partial charge in [-0.3, -0.25) is 0 Å². The minimum absolute atomic E-state index is 0.479. The van der Waals surface area contributed by atoms with E-state index < -0.39 is 0 Å². The van der Waals surface area contributed by atoms with E-state index in [1.807, 2.05) is 0 Å². The molecule has 0 saturated carbocycles. The maximum absolute atomic E-state index is 3.90. The Morgan fingerprint density at radius 1 is 1.00 bits per heavy atom. The zero-order valence-corrected chi connectivity index (χ0v) is 13.5. The molecular formula is C18H30N2. The number of rotatable bonds is 5. The van der Waals surface area contributed by atoms with E-state index in [0.29, 0.717) is 24.0 Å². The van der Waals surface area contributed by atoms with E-state index in [2.05, 4.69) is 68.2 Å². The first kappa shape index (κ1) is 15.5. The van der Waals surface area contributed by atoms with Crippen molar-refractivity contribution in [3.63, 3.8) is 0 Å². The molecule has 1 atom stereocenters. The van der Waals surface area contributed by atoms with Gasteiger partial charge in [-0.2, -0.15) is 0 Å². The SMILES string of the molecule is CC(C)[C@H](NC1CCN(C(C)C)CC1)c1ccccc1. The van der Waals surface area contributed by atoms with E-state index in [-0.39, 0.29) is 0 Å². The van der Waals surface area contributed by atoms with Crippen LogP contribution in [0.1, 0.15) is 52.1 Å². The molecule has 1 saturated heterocycles. The van der Waals surface area contributed by atoms with Crippen molar-refractivity contribution >= 4 is 0 Å². The van der Waals surface area contributed by atoms with Crippen molar-refractivity contribution in [2.24, 2.45) is 5.92 Å². The zero-order valence-electron chi connectivity index (χ0n) is 13.5. The van der Waals surface area contributed by atoms with Crippen LogP contribution < -0.4 is 5.32 Å². The predicted octanol–water partition coefficient (Wildman–Crippen LogP) is 3.85. The number of nitrogens with one attached hydrogen (secondary N) is 1. The Morgan fingerprint density at radius 3 is 2.10 bits per heavy atom. The summed E-state index contributed by atoms with van der Waals surface area (Å²) in [6.07, 6.45) is 2.54. The first-order chi connectivity index (χ1) is 9.58. The average Bonchev–Trinajstić information content (AvgIpc) is 2.46. The summed E-state index contributed by atoms with van der Waals surface area (Å²) in [5.41, 5.74) is 1.42. The number of piperidine rings is 1. The lowest BCUT2D eigenvalue weighted by Crippen LogP contribution is -2.46. The Hall–Kier alpha value is -0.860. The number of likely N-dealkylation sites (tertiary alicyclic amines) is 1. The first-order valence-corrected chi connectivity index (χ1v) is 8.13. The Bertz CT molecular complexity index is 378. The fourth-order valence-corrected chi connectivity index (χ4v) is 3.17. The minimum Gasteiger partial charge on any atom is -0.307 e. The molecule has 2 rings (SSSR count). The third-order valence-corrected chi connectivity index (χ3v) is 4.50. The lowest BCUT2D eigenvalue weighted by Gasteiger charge is -2.37. The van der Waals surface area contributed by atoms with E-state index in [1.54, 1.807) is 0 Å². The van der Waals surface area contributed by atoms with Crippen molar-refractivity contribution in [1.82, 2.24) is 10.2 Å². The summed E-state index contributed by atoms with van der Waals surface area (Å²) in [6, 6.07) is 12.7. The van der Waals surface area contributed by atoms with Gasteiger partial charge in [-0.05, 0) is 51.3 Å². The van der Waals surface area contributed by atoms with E-state index in [0.717, 1.165) is 0 Å². The van der Waals surface area contributed by atoms with Crippen LogP contribution in [-0.4, -0.2) is 30.1 Å². The fraction of sp³-hybridized carbons (Fsp3) is 0.667. The molecule has 1 aliphatic rings. The van der Waals surface area contributed by atoms with Crippen molar-refractivity contribution in [2.45, 2.75) is 58.7 Å². The number of benzene rings is 1. The maximum atomic E-state index is 3.90. The van der Waals surface area contributed by atoms with Crippen LogP contribution in [-0.2, 0) is 0 Å². The summed E-state index contributed by atoms with van der Waals surface area (Å²) in [4.78, 5) is 2.59. The van der Waals surface area contributed by atoms with Crippen molar-refractivity contribution in [2.75, 3.05) is 13.1 Å². The van der Waals surface area contributed by atoms with Crippen molar-refractivity contribution < 1.29 is 0 Å². The van der Waals surface area contributed by atoms with Crippen LogP contribution in [0.15, 0.2) is 30.3 Å². The van der Waals surface area contributed by atoms with Gasteiger partial charge >= 0.3 is 0 Å². The highest BCUT2D eigenvalue weighted by atomic mass is 15.2. The molecule has 1 heterocycles. The second kappa shape index (κ2) is 7.24. The molecule has 1 aromatic rings. The van der Waals surface area contributed by atoms with Gasteiger partial charge in [-0.1, -0.05) is 44.2 Å². The van der Waals surface area contributed by atoms with Gasteiger partial charge in [0.05, 0.1) is 0 Å². The van der Waals surface area contributed by atoms with E-state index in [4.69, 9.17) is 0 Å². The van der Waals surface area contributed by atoms with Crippen LogP contribution in [0, 0.1) is 5.92 Å². The second-order valence-electron chi connectivity index (χ2n) is 6.70. The first-order valence-electron chi connectivity index (χ1n) is 8.13. The normalized spacial score (nSPS) is 19.7. The molecule has 1 N–H and O–H groups in total. The van der Waals surface area contributed by atoms with Gasteiger partial charge in [0.15, 0.2) is 0 Å². The predicted molar refractivity (Wildman–Crippen MR) is 86.9 cm³/mol. The summed E-state index contributed by atoms with van der Waals surface area (Å²) < 4.78 is 0. The lowest BCUT2D eigenvalue weighted by atomic mass is 9.93. The van der Waals surface area contributed by atoms with E-state index in [1.165, 1.54) is 31.5 Å². The Balaban J connectivity index is 1.94. The summed E-state index contributed by atoms with van der Waals surface area (Å²) >= 11 is 0. The van der Waals surface area contributed by atoms with Gasteiger partial charge in [-0.25, -0.2) is 0 Å². The van der Waals surface area contributed by atoms with Gasteiger partial charge in [0, 0.05) is 18.1 Å². The molecule has 0 amide bonds. The Morgan fingerprint density at radius 2 is 1.60 bits per heavy atom. The summed E-state index contributed by atoms with van der Waals surface area (Å²) in [5, 5.41) is 3.90. The maximum Gasteiger partial charge on any atom is 0.0345 e. The van der Waals surface area contributed by atoms with Crippen LogP contribution in [0.25, 0.3) is 0 Å². The lowest BCUT2D eigenvalue weighted by molar-refractivity contribution is 0.152. The topological polar surface area (TPSA) is 15.3 Å². The smallest absolute Gasteiger partial charge is 0.0345 e. The fourth-order valence-electron chi connectivity index (χ4n) is 3.17. The molecule has 0 aliphatic carbocycles. The molecular weight excluding hydrogens is 244 g/mol. The molecule has 1 aromatic carbocycles. The van der Waals surface area contributed by atoms with Gasteiger partial charge in [-0.15, -0.1) is 0 Å². The molecule has 2 heteroatoms. The van der Waals surface area contributed by atoms with Crippen molar-refractivity contribution in [3.8, 4) is 0 Å². The van der Waals surface area contributed by atoms with Crippen LogP contribution in [0.2, 0.25) is 0 Å². The minimum atomic E-state index is 0.479. The average molecular weight is 274 g/mol. The molecule has 0 spiro atoms. The monoisotopic (exact) mass is 274 g/mol. The second-order valence-corrected chi connectivity index (χ2v) is 6.70. The number of hydrogen-bond donors (Lipinski definition) is 1. The highest BCUT2D eigenvalue weighted by Gasteiger charge is 2.24. The quantitative estimate of drug-likeness (QED) is 0.877. The molecule has 1 fully saturated rings. The zero-order chi connectivity index (χ0) is 14.5. The molecule has 0 bridgehead atoms. The molecule has 112 valence electrons. The van der Waals surface area contributed by atoms with Crippen LogP contribution in [0.3, 0.4) is 0 Å².